The number of oxime groups is 1. The van der Waals surface area contributed by atoms with Gasteiger partial charge in [0.15, 0.2) is 0 Å². The van der Waals surface area contributed by atoms with E-state index in [4.69, 9.17) is 15.3 Å². The van der Waals surface area contributed by atoms with Crippen LogP contribution in [0, 0.1) is 0 Å². The van der Waals surface area contributed by atoms with Gasteiger partial charge < -0.3 is 15.3 Å². The van der Waals surface area contributed by atoms with Crippen LogP contribution in [0.5, 0.6) is 0 Å². The summed E-state index contributed by atoms with van der Waals surface area (Å²) in [6.07, 6.45) is 1.26. The number of nitrogens with zero attached hydrogens (tertiary/aromatic N) is 1. The zero-order valence-electron chi connectivity index (χ0n) is 6.25. The highest BCUT2D eigenvalue weighted by molar-refractivity contribution is 6.58. The topological polar surface area (TPSA) is 73.1 Å². The molecule has 0 amide bonds. The maximum atomic E-state index is 8.72. The Balaban J connectivity index is 2.85. The number of benzene rings is 1. The molecule has 3 N–H and O–H groups in total. The first kappa shape index (κ1) is 8.77. The van der Waals surface area contributed by atoms with Gasteiger partial charge >= 0.3 is 7.12 Å². The lowest BCUT2D eigenvalue weighted by Crippen LogP contribution is -2.29. The van der Waals surface area contributed by atoms with Gasteiger partial charge in [-0.15, -0.1) is 0 Å². The molecule has 0 bridgehead atoms. The molecule has 0 atom stereocenters. The second-order valence-electron chi connectivity index (χ2n) is 2.28. The molecule has 62 valence electrons. The zero-order chi connectivity index (χ0) is 8.97. The molecule has 1 aromatic carbocycles. The quantitative estimate of drug-likeness (QED) is 0.232. The lowest BCUT2D eigenvalue weighted by Gasteiger charge is -1.97. The highest BCUT2D eigenvalue weighted by atomic mass is 16.4. The molecule has 1 aromatic rings. The van der Waals surface area contributed by atoms with E-state index in [9.17, 15) is 0 Å². The summed E-state index contributed by atoms with van der Waals surface area (Å²) in [6.45, 7) is 0. The van der Waals surface area contributed by atoms with Crippen LogP contribution in [0.1, 0.15) is 5.56 Å². The SMILES string of the molecule is O/N=C/c1ccc(B(O)O)cc1. The molecule has 1 rings (SSSR count). The molecule has 0 fully saturated rings. The molecule has 0 aliphatic heterocycles. The predicted octanol–water partition coefficient (Wildman–Crippen LogP) is -0.826. The molecule has 0 aliphatic carbocycles. The van der Waals surface area contributed by atoms with Gasteiger partial charge in [0.2, 0.25) is 0 Å². The normalized spacial score (nSPS) is 10.5. The first-order valence-electron chi connectivity index (χ1n) is 3.37. The van der Waals surface area contributed by atoms with Crippen LogP contribution >= 0.6 is 0 Å². The lowest BCUT2D eigenvalue weighted by molar-refractivity contribution is 0.322. The molecule has 0 saturated carbocycles. The fourth-order valence-corrected chi connectivity index (χ4v) is 0.821. The number of rotatable bonds is 2. The predicted molar refractivity (Wildman–Crippen MR) is 45.6 cm³/mol. The van der Waals surface area contributed by atoms with Crippen LogP contribution in [0.4, 0.5) is 0 Å². The Morgan fingerprint density at radius 1 is 1.17 bits per heavy atom. The van der Waals surface area contributed by atoms with Crippen LogP contribution in [0.2, 0.25) is 0 Å². The van der Waals surface area contributed by atoms with E-state index in [1.54, 1.807) is 24.3 Å². The molecule has 12 heavy (non-hydrogen) atoms. The van der Waals surface area contributed by atoms with Gasteiger partial charge in [0, 0.05) is 0 Å². The third kappa shape index (κ3) is 2.08. The Kier molecular flexibility index (Phi) is 2.84. The summed E-state index contributed by atoms with van der Waals surface area (Å²) in [5.41, 5.74) is 1.10. The van der Waals surface area contributed by atoms with E-state index in [1.807, 2.05) is 0 Å². The van der Waals surface area contributed by atoms with Gasteiger partial charge in [0.1, 0.15) is 0 Å². The van der Waals surface area contributed by atoms with Crippen molar-refractivity contribution in [3.05, 3.63) is 29.8 Å². The van der Waals surface area contributed by atoms with Crippen LogP contribution in [0.25, 0.3) is 0 Å². The maximum Gasteiger partial charge on any atom is 0.488 e. The van der Waals surface area contributed by atoms with E-state index in [-0.39, 0.29) is 0 Å². The lowest BCUT2D eigenvalue weighted by atomic mass is 9.80. The first-order chi connectivity index (χ1) is 5.74. The van der Waals surface area contributed by atoms with Gasteiger partial charge in [-0.2, -0.15) is 0 Å². The van der Waals surface area contributed by atoms with Crippen molar-refractivity contribution in [3.8, 4) is 0 Å². The largest absolute Gasteiger partial charge is 0.488 e. The Morgan fingerprint density at radius 3 is 2.17 bits per heavy atom. The van der Waals surface area contributed by atoms with E-state index in [1.165, 1.54) is 6.21 Å². The van der Waals surface area contributed by atoms with E-state index in [0.717, 1.165) is 0 Å². The van der Waals surface area contributed by atoms with Crippen LogP contribution < -0.4 is 5.46 Å². The Labute approximate surface area is 69.9 Å². The third-order valence-electron chi connectivity index (χ3n) is 1.44. The molecule has 0 radical (unpaired) electrons. The molecule has 0 saturated heterocycles. The van der Waals surface area contributed by atoms with Crippen molar-refractivity contribution in [1.29, 1.82) is 0 Å². The molecule has 0 heterocycles. The molecule has 0 aliphatic rings. The fraction of sp³-hybridized carbons (Fsp3) is 0. The van der Waals surface area contributed by atoms with Crippen molar-refractivity contribution in [3.63, 3.8) is 0 Å². The van der Waals surface area contributed by atoms with Crippen molar-refractivity contribution in [2.24, 2.45) is 5.16 Å². The molecule has 0 spiro atoms. The van der Waals surface area contributed by atoms with Crippen molar-refractivity contribution in [1.82, 2.24) is 0 Å². The Bertz CT molecular complexity index is 270. The smallest absolute Gasteiger partial charge is 0.423 e. The molecular weight excluding hydrogens is 157 g/mol. The molecule has 5 heteroatoms. The van der Waals surface area contributed by atoms with Gasteiger partial charge in [0.05, 0.1) is 6.21 Å². The third-order valence-corrected chi connectivity index (χ3v) is 1.44. The van der Waals surface area contributed by atoms with E-state index in [2.05, 4.69) is 5.16 Å². The Morgan fingerprint density at radius 2 is 1.75 bits per heavy atom. The summed E-state index contributed by atoms with van der Waals surface area (Å²) in [4.78, 5) is 0. The van der Waals surface area contributed by atoms with Crippen LogP contribution in [0.3, 0.4) is 0 Å². The van der Waals surface area contributed by atoms with E-state index in [0.29, 0.717) is 11.0 Å². The van der Waals surface area contributed by atoms with Crippen LogP contribution in [-0.2, 0) is 0 Å². The molecular formula is C7H8BNO3. The average Bonchev–Trinajstić information content (AvgIpc) is 2.06. The van der Waals surface area contributed by atoms with Gasteiger partial charge in [-0.3, -0.25) is 0 Å². The zero-order valence-corrected chi connectivity index (χ0v) is 6.25. The van der Waals surface area contributed by atoms with Gasteiger partial charge in [-0.05, 0) is 11.0 Å². The fourth-order valence-electron chi connectivity index (χ4n) is 0.821. The molecule has 4 nitrogen and oxygen atoms in total. The highest BCUT2D eigenvalue weighted by Crippen LogP contribution is 1.92. The second-order valence-corrected chi connectivity index (χ2v) is 2.28. The molecule has 0 aromatic heterocycles. The minimum Gasteiger partial charge on any atom is -0.423 e. The van der Waals surface area contributed by atoms with Crippen LogP contribution in [-0.4, -0.2) is 28.6 Å². The highest BCUT2D eigenvalue weighted by Gasteiger charge is 2.08. The number of hydrogen-bond acceptors (Lipinski definition) is 4. The summed E-state index contributed by atoms with van der Waals surface area (Å²) in [5.74, 6) is 0. The monoisotopic (exact) mass is 165 g/mol. The first-order valence-corrected chi connectivity index (χ1v) is 3.37. The van der Waals surface area contributed by atoms with E-state index >= 15 is 0 Å². The van der Waals surface area contributed by atoms with Gasteiger partial charge in [0.25, 0.3) is 0 Å². The second kappa shape index (κ2) is 3.89. The minimum absolute atomic E-state index is 0.407. The van der Waals surface area contributed by atoms with Gasteiger partial charge in [-0.1, -0.05) is 29.4 Å². The standard InChI is InChI=1S/C7H8BNO3/c10-8(11)7-3-1-6(2-4-7)5-9-12/h1-5,10-12H/b9-5+. The van der Waals surface area contributed by atoms with Crippen molar-refractivity contribution < 1.29 is 15.3 Å². The summed E-state index contributed by atoms with van der Waals surface area (Å²) < 4.78 is 0. The van der Waals surface area contributed by atoms with Crippen molar-refractivity contribution in [2.75, 3.05) is 0 Å². The summed E-state index contributed by atoms with van der Waals surface area (Å²) in [6, 6.07) is 6.33. The van der Waals surface area contributed by atoms with Crippen molar-refractivity contribution >= 4 is 18.8 Å². The average molecular weight is 165 g/mol. The van der Waals surface area contributed by atoms with E-state index < -0.39 is 7.12 Å². The molecule has 0 unspecified atom stereocenters. The van der Waals surface area contributed by atoms with Gasteiger partial charge in [-0.25, -0.2) is 0 Å². The summed E-state index contributed by atoms with van der Waals surface area (Å²) in [7, 11) is -1.45. The maximum absolute atomic E-state index is 8.72. The summed E-state index contributed by atoms with van der Waals surface area (Å²) >= 11 is 0. The Hall–Kier alpha value is -1.33. The number of hydrogen-bond donors (Lipinski definition) is 3. The van der Waals surface area contributed by atoms with Crippen LogP contribution in [0.15, 0.2) is 29.4 Å². The minimum atomic E-state index is -1.45. The summed E-state index contributed by atoms with van der Waals surface area (Å²) in [5, 5.41) is 28.4. The van der Waals surface area contributed by atoms with Crippen molar-refractivity contribution in [2.45, 2.75) is 0 Å².